The quantitative estimate of drug-likeness (QED) is 0.590. The maximum absolute atomic E-state index is 10.4. The SMILES string of the molecule is NC(=S)Nc1cccc(CS(=O)[O-])c1. The highest BCUT2D eigenvalue weighted by atomic mass is 32.2. The minimum atomic E-state index is -2.08. The van der Waals surface area contributed by atoms with Crippen molar-refractivity contribution in [3.05, 3.63) is 29.8 Å². The first-order valence-electron chi connectivity index (χ1n) is 3.79. The summed E-state index contributed by atoms with van der Waals surface area (Å²) in [6.45, 7) is 0. The summed E-state index contributed by atoms with van der Waals surface area (Å²) in [5.74, 6) is -0.00709. The molecule has 1 rings (SSSR count). The smallest absolute Gasteiger partial charge is 0.168 e. The van der Waals surface area contributed by atoms with E-state index in [1.807, 2.05) is 0 Å². The Balaban J connectivity index is 2.78. The van der Waals surface area contributed by atoms with Gasteiger partial charge in [-0.2, -0.15) is 0 Å². The number of rotatable bonds is 3. The molecule has 0 aromatic heterocycles. The molecule has 6 heteroatoms. The van der Waals surface area contributed by atoms with Gasteiger partial charge in [-0.25, -0.2) is 0 Å². The fourth-order valence-electron chi connectivity index (χ4n) is 1.02. The van der Waals surface area contributed by atoms with E-state index >= 15 is 0 Å². The third kappa shape index (κ3) is 3.82. The molecule has 1 aromatic rings. The van der Waals surface area contributed by atoms with Gasteiger partial charge >= 0.3 is 0 Å². The number of nitrogens with two attached hydrogens (primary N) is 1. The fraction of sp³-hybridized carbons (Fsp3) is 0.125. The van der Waals surface area contributed by atoms with Crippen LogP contribution >= 0.6 is 12.2 Å². The van der Waals surface area contributed by atoms with Crippen molar-refractivity contribution in [3.63, 3.8) is 0 Å². The van der Waals surface area contributed by atoms with E-state index in [4.69, 9.17) is 5.73 Å². The maximum Gasteiger partial charge on any atom is 0.168 e. The summed E-state index contributed by atoms with van der Waals surface area (Å²) in [5, 5.41) is 2.88. The van der Waals surface area contributed by atoms with Crippen LogP contribution in [0, 0.1) is 0 Å². The van der Waals surface area contributed by atoms with Crippen LogP contribution in [0.3, 0.4) is 0 Å². The molecule has 0 heterocycles. The van der Waals surface area contributed by atoms with E-state index in [9.17, 15) is 8.76 Å². The lowest BCUT2D eigenvalue weighted by Gasteiger charge is -2.08. The van der Waals surface area contributed by atoms with Crippen LogP contribution in [0.2, 0.25) is 0 Å². The Labute approximate surface area is 89.8 Å². The van der Waals surface area contributed by atoms with Crippen molar-refractivity contribution in [2.75, 3.05) is 5.32 Å². The third-order valence-corrected chi connectivity index (χ3v) is 2.15. The van der Waals surface area contributed by atoms with E-state index < -0.39 is 11.1 Å². The van der Waals surface area contributed by atoms with Crippen molar-refractivity contribution in [2.24, 2.45) is 5.73 Å². The Morgan fingerprint density at radius 3 is 2.93 bits per heavy atom. The average Bonchev–Trinajstić information content (AvgIpc) is 2.01. The molecule has 4 nitrogen and oxygen atoms in total. The summed E-state index contributed by atoms with van der Waals surface area (Å²) in [4.78, 5) is 0. The number of thiocarbonyl (C=S) groups is 1. The molecule has 1 unspecified atom stereocenters. The van der Waals surface area contributed by atoms with Crippen molar-refractivity contribution in [1.29, 1.82) is 0 Å². The predicted molar refractivity (Wildman–Crippen MR) is 59.5 cm³/mol. The van der Waals surface area contributed by atoms with Crippen molar-refractivity contribution >= 4 is 34.1 Å². The topological polar surface area (TPSA) is 78.2 Å². The highest BCUT2D eigenvalue weighted by Gasteiger charge is 1.96. The van der Waals surface area contributed by atoms with Gasteiger partial charge in [0.05, 0.1) is 0 Å². The van der Waals surface area contributed by atoms with Gasteiger partial charge in [0.25, 0.3) is 0 Å². The zero-order valence-electron chi connectivity index (χ0n) is 7.23. The standard InChI is InChI=1S/C8H10N2O2S2/c9-8(13)10-7-3-1-2-6(4-7)5-14(11)12/h1-4H,5H2,(H,11,12)(H3,9,10,13)/p-1. The molecule has 0 radical (unpaired) electrons. The molecule has 0 amide bonds. The van der Waals surface area contributed by atoms with E-state index in [1.54, 1.807) is 24.3 Å². The molecule has 0 aliphatic rings. The van der Waals surface area contributed by atoms with E-state index in [0.29, 0.717) is 11.3 Å². The molecule has 14 heavy (non-hydrogen) atoms. The van der Waals surface area contributed by atoms with Gasteiger partial charge in [0.15, 0.2) is 5.11 Å². The van der Waals surface area contributed by atoms with Crippen LogP contribution in [0.1, 0.15) is 5.56 Å². The van der Waals surface area contributed by atoms with Crippen LogP contribution in [0.25, 0.3) is 0 Å². The van der Waals surface area contributed by atoms with Crippen LogP contribution in [0.4, 0.5) is 5.69 Å². The lowest BCUT2D eigenvalue weighted by molar-refractivity contribution is 0.536. The molecule has 76 valence electrons. The monoisotopic (exact) mass is 229 g/mol. The summed E-state index contributed by atoms with van der Waals surface area (Å²) < 4.78 is 20.9. The number of benzene rings is 1. The average molecular weight is 229 g/mol. The number of hydrogen-bond donors (Lipinski definition) is 2. The largest absolute Gasteiger partial charge is 0.772 e. The molecular weight excluding hydrogens is 220 g/mol. The molecule has 3 N–H and O–H groups in total. The van der Waals surface area contributed by atoms with E-state index in [2.05, 4.69) is 17.5 Å². The molecule has 0 fully saturated rings. The van der Waals surface area contributed by atoms with Gasteiger partial charge in [-0.1, -0.05) is 23.2 Å². The summed E-state index contributed by atoms with van der Waals surface area (Å²) >= 11 is 2.57. The minimum absolute atomic E-state index is 0.00709. The Bertz CT molecular complexity index is 337. The fourth-order valence-corrected chi connectivity index (χ4v) is 1.59. The zero-order valence-corrected chi connectivity index (χ0v) is 8.86. The molecule has 0 saturated carbocycles. The molecule has 0 saturated heterocycles. The van der Waals surface area contributed by atoms with E-state index in [1.165, 1.54) is 0 Å². The van der Waals surface area contributed by atoms with Crippen LogP contribution in [-0.2, 0) is 16.8 Å². The normalized spacial score (nSPS) is 12.1. The van der Waals surface area contributed by atoms with E-state index in [-0.39, 0.29) is 10.9 Å². The first-order valence-corrected chi connectivity index (χ1v) is 5.44. The minimum Gasteiger partial charge on any atom is -0.772 e. The molecule has 0 bridgehead atoms. The van der Waals surface area contributed by atoms with Crippen molar-refractivity contribution in [1.82, 2.24) is 0 Å². The summed E-state index contributed by atoms with van der Waals surface area (Å²) in [5.41, 5.74) is 6.66. The van der Waals surface area contributed by atoms with Gasteiger partial charge < -0.3 is 15.6 Å². The Morgan fingerprint density at radius 2 is 2.36 bits per heavy atom. The second-order valence-corrected chi connectivity index (χ2v) is 3.97. The van der Waals surface area contributed by atoms with Gasteiger partial charge in [0, 0.05) is 11.4 Å². The summed E-state index contributed by atoms with van der Waals surface area (Å²) in [6.07, 6.45) is 0. The molecule has 0 aliphatic carbocycles. The van der Waals surface area contributed by atoms with Crippen molar-refractivity contribution < 1.29 is 8.76 Å². The Kier molecular flexibility index (Phi) is 3.99. The Hall–Kier alpha value is -0.980. The van der Waals surface area contributed by atoms with Crippen LogP contribution in [0.15, 0.2) is 24.3 Å². The van der Waals surface area contributed by atoms with Crippen LogP contribution < -0.4 is 11.1 Å². The van der Waals surface area contributed by atoms with Gasteiger partial charge in [-0.3, -0.25) is 4.21 Å². The van der Waals surface area contributed by atoms with Crippen LogP contribution in [0.5, 0.6) is 0 Å². The second kappa shape index (κ2) is 5.04. The second-order valence-electron chi connectivity index (χ2n) is 2.64. The zero-order chi connectivity index (χ0) is 10.6. The first-order chi connectivity index (χ1) is 6.58. The van der Waals surface area contributed by atoms with Gasteiger partial charge in [-0.05, 0) is 29.9 Å². The van der Waals surface area contributed by atoms with Gasteiger partial charge in [0.1, 0.15) is 0 Å². The highest BCUT2D eigenvalue weighted by Crippen LogP contribution is 2.11. The molecule has 1 aromatic carbocycles. The predicted octanol–water partition coefficient (Wildman–Crippen LogP) is 0.721. The number of anilines is 1. The van der Waals surface area contributed by atoms with E-state index in [0.717, 1.165) is 0 Å². The summed E-state index contributed by atoms with van der Waals surface area (Å²) in [6, 6.07) is 6.91. The highest BCUT2D eigenvalue weighted by molar-refractivity contribution is 7.80. The molecule has 0 spiro atoms. The van der Waals surface area contributed by atoms with Gasteiger partial charge in [0.2, 0.25) is 0 Å². The van der Waals surface area contributed by atoms with Crippen molar-refractivity contribution in [3.8, 4) is 0 Å². The molecule has 0 aliphatic heterocycles. The first kappa shape index (κ1) is 11.1. The van der Waals surface area contributed by atoms with Gasteiger partial charge in [-0.15, -0.1) is 0 Å². The number of hydrogen-bond acceptors (Lipinski definition) is 3. The molecule has 1 atom stereocenters. The lowest BCUT2D eigenvalue weighted by Crippen LogP contribution is -2.18. The van der Waals surface area contributed by atoms with Crippen molar-refractivity contribution in [2.45, 2.75) is 5.75 Å². The number of nitrogens with one attached hydrogen (secondary N) is 1. The van der Waals surface area contributed by atoms with Crippen LogP contribution in [-0.4, -0.2) is 13.9 Å². The summed E-state index contributed by atoms with van der Waals surface area (Å²) in [7, 11) is 0. The Morgan fingerprint density at radius 1 is 1.64 bits per heavy atom. The molecular formula is C8H9N2O2S2-. The maximum atomic E-state index is 10.4. The lowest BCUT2D eigenvalue weighted by atomic mass is 10.2. The third-order valence-electron chi connectivity index (χ3n) is 1.48.